The van der Waals surface area contributed by atoms with Gasteiger partial charge in [0.25, 0.3) is 0 Å². The first-order valence-electron chi connectivity index (χ1n) is 10.1. The summed E-state index contributed by atoms with van der Waals surface area (Å²) in [7, 11) is 0. The maximum atomic E-state index is 12.8. The van der Waals surface area contributed by atoms with E-state index in [4.69, 9.17) is 0 Å². The molecule has 0 saturated heterocycles. The molecule has 2 nitrogen and oxygen atoms in total. The minimum atomic E-state index is -0.330. The Morgan fingerprint density at radius 2 is 1.75 bits per heavy atom. The zero-order valence-electron chi connectivity index (χ0n) is 15.9. The summed E-state index contributed by atoms with van der Waals surface area (Å²) in [5.41, 5.74) is 1.11. The van der Waals surface area contributed by atoms with E-state index >= 15 is 0 Å². The third-order valence-electron chi connectivity index (χ3n) is 9.13. The highest BCUT2D eigenvalue weighted by molar-refractivity contribution is 6.00. The molecule has 0 heterocycles. The van der Waals surface area contributed by atoms with Crippen LogP contribution in [0.2, 0.25) is 0 Å². The predicted molar refractivity (Wildman–Crippen MR) is 96.6 cm³/mol. The summed E-state index contributed by atoms with van der Waals surface area (Å²) >= 11 is 0. The SMILES string of the molecule is CC1(C)C(=O)/C(=C\O)C[C@]2(C)[C@H]3CC[C@@]4(C)CCC[C@@H]4[C@@H]3CC[C@@H]12. The molecule has 0 bridgehead atoms. The number of hydrogen-bond donors (Lipinski definition) is 1. The number of fused-ring (bicyclic) bond motifs is 5. The molecule has 4 aliphatic rings. The zero-order chi connectivity index (χ0) is 17.3. The second kappa shape index (κ2) is 5.11. The van der Waals surface area contributed by atoms with Gasteiger partial charge in [0.2, 0.25) is 0 Å². The van der Waals surface area contributed by atoms with Crippen LogP contribution in [0.1, 0.15) is 79.1 Å². The Balaban J connectivity index is 1.73. The van der Waals surface area contributed by atoms with Crippen LogP contribution in [0.3, 0.4) is 0 Å². The van der Waals surface area contributed by atoms with Gasteiger partial charge >= 0.3 is 0 Å². The van der Waals surface area contributed by atoms with E-state index in [9.17, 15) is 9.90 Å². The van der Waals surface area contributed by atoms with Crippen LogP contribution >= 0.6 is 0 Å². The first-order valence-corrected chi connectivity index (χ1v) is 10.1. The standard InChI is InChI=1S/C22H34O2/c1-20(2)18-8-7-15-16-6-5-10-21(16,3)11-9-17(15)22(18,4)12-14(13-23)19(20)24/h13,15-18,23H,5-12H2,1-4H3/b14-13-/t15-,16+,17-,18-,21+,22+/m0/s1. The molecule has 4 aliphatic carbocycles. The molecule has 0 radical (unpaired) electrons. The average molecular weight is 331 g/mol. The number of carbonyl (C=O) groups is 1. The van der Waals surface area contributed by atoms with Gasteiger partial charge in [-0.05, 0) is 79.4 Å². The smallest absolute Gasteiger partial charge is 0.167 e. The van der Waals surface area contributed by atoms with Crippen molar-refractivity contribution in [3.8, 4) is 0 Å². The van der Waals surface area contributed by atoms with Crippen LogP contribution in [0, 0.1) is 39.9 Å². The normalized spacial score (nSPS) is 51.8. The van der Waals surface area contributed by atoms with Crippen LogP contribution in [0.5, 0.6) is 0 Å². The molecule has 1 N–H and O–H groups in total. The Labute approximate surface area is 147 Å². The number of hydrogen-bond acceptors (Lipinski definition) is 2. The molecular formula is C22H34O2. The van der Waals surface area contributed by atoms with Crippen LogP contribution in [-0.2, 0) is 4.79 Å². The van der Waals surface area contributed by atoms with Crippen molar-refractivity contribution in [2.75, 3.05) is 0 Å². The fourth-order valence-electron chi connectivity index (χ4n) is 8.06. The van der Waals surface area contributed by atoms with E-state index in [0.29, 0.717) is 16.9 Å². The van der Waals surface area contributed by atoms with Gasteiger partial charge in [0, 0.05) is 11.0 Å². The summed E-state index contributed by atoms with van der Waals surface area (Å²) in [5, 5.41) is 9.70. The molecule has 0 aromatic heterocycles. The summed E-state index contributed by atoms with van der Waals surface area (Å²) in [6.45, 7) is 9.25. The van der Waals surface area contributed by atoms with Crippen molar-refractivity contribution in [2.45, 2.75) is 79.1 Å². The minimum Gasteiger partial charge on any atom is -0.515 e. The minimum absolute atomic E-state index is 0.179. The van der Waals surface area contributed by atoms with E-state index in [0.717, 1.165) is 30.4 Å². The van der Waals surface area contributed by atoms with Crippen molar-refractivity contribution >= 4 is 5.78 Å². The molecule has 0 amide bonds. The van der Waals surface area contributed by atoms with Crippen molar-refractivity contribution in [1.29, 1.82) is 0 Å². The molecular weight excluding hydrogens is 296 g/mol. The zero-order valence-corrected chi connectivity index (χ0v) is 15.9. The molecule has 6 atom stereocenters. The molecule has 0 spiro atoms. The fourth-order valence-corrected chi connectivity index (χ4v) is 8.06. The van der Waals surface area contributed by atoms with E-state index in [-0.39, 0.29) is 16.6 Å². The van der Waals surface area contributed by atoms with Crippen LogP contribution in [0.25, 0.3) is 0 Å². The first kappa shape index (κ1) is 16.7. The van der Waals surface area contributed by atoms with Crippen molar-refractivity contribution in [3.05, 3.63) is 11.8 Å². The van der Waals surface area contributed by atoms with Gasteiger partial charge in [0.15, 0.2) is 5.78 Å². The van der Waals surface area contributed by atoms with E-state index in [1.807, 2.05) is 0 Å². The first-order chi connectivity index (χ1) is 11.2. The summed E-state index contributed by atoms with van der Waals surface area (Å²) < 4.78 is 0. The van der Waals surface area contributed by atoms with Crippen molar-refractivity contribution in [2.24, 2.45) is 39.9 Å². The Bertz CT molecular complexity index is 589. The number of rotatable bonds is 0. The highest BCUT2D eigenvalue weighted by Gasteiger charge is 2.62. The number of Topliss-reactive ketones (excluding diaryl/α,β-unsaturated/α-hetero) is 1. The Hall–Kier alpha value is -0.790. The average Bonchev–Trinajstić information content (AvgIpc) is 2.93. The highest BCUT2D eigenvalue weighted by Crippen LogP contribution is 2.68. The molecule has 0 unspecified atom stereocenters. The molecule has 0 aromatic carbocycles. The predicted octanol–water partition coefficient (Wildman–Crippen LogP) is 5.68. The summed E-state index contributed by atoms with van der Waals surface area (Å²) in [6.07, 6.45) is 11.4. The van der Waals surface area contributed by atoms with Crippen LogP contribution in [-0.4, -0.2) is 10.9 Å². The number of aliphatic hydroxyl groups excluding tert-OH is 1. The lowest BCUT2D eigenvalue weighted by molar-refractivity contribution is -0.154. The molecule has 4 saturated carbocycles. The van der Waals surface area contributed by atoms with E-state index in [2.05, 4.69) is 27.7 Å². The molecule has 0 aliphatic heterocycles. The number of ketones is 1. The second-order valence-electron chi connectivity index (χ2n) is 10.5. The molecule has 0 aromatic rings. The number of carbonyl (C=O) groups excluding carboxylic acids is 1. The van der Waals surface area contributed by atoms with Crippen LogP contribution < -0.4 is 0 Å². The van der Waals surface area contributed by atoms with Gasteiger partial charge in [-0.2, -0.15) is 0 Å². The van der Waals surface area contributed by atoms with Gasteiger partial charge in [-0.3, -0.25) is 4.79 Å². The third-order valence-corrected chi connectivity index (χ3v) is 9.13. The van der Waals surface area contributed by atoms with E-state index in [1.54, 1.807) is 0 Å². The molecule has 134 valence electrons. The molecule has 2 heteroatoms. The summed E-state index contributed by atoms with van der Waals surface area (Å²) in [5.74, 6) is 3.13. The summed E-state index contributed by atoms with van der Waals surface area (Å²) in [6, 6.07) is 0. The largest absolute Gasteiger partial charge is 0.515 e. The van der Waals surface area contributed by atoms with Gasteiger partial charge in [-0.15, -0.1) is 0 Å². The maximum absolute atomic E-state index is 12.8. The fraction of sp³-hybridized carbons (Fsp3) is 0.864. The monoisotopic (exact) mass is 330 g/mol. The van der Waals surface area contributed by atoms with Crippen molar-refractivity contribution in [1.82, 2.24) is 0 Å². The van der Waals surface area contributed by atoms with Gasteiger partial charge in [-0.25, -0.2) is 0 Å². The van der Waals surface area contributed by atoms with E-state index < -0.39 is 0 Å². The van der Waals surface area contributed by atoms with Gasteiger partial charge in [0.05, 0.1) is 6.26 Å². The van der Waals surface area contributed by atoms with Crippen molar-refractivity contribution < 1.29 is 9.90 Å². The Morgan fingerprint density at radius 3 is 2.46 bits per heavy atom. The van der Waals surface area contributed by atoms with E-state index in [1.165, 1.54) is 44.9 Å². The lowest BCUT2D eigenvalue weighted by Crippen LogP contribution is -2.58. The Morgan fingerprint density at radius 1 is 1.00 bits per heavy atom. The molecule has 24 heavy (non-hydrogen) atoms. The summed E-state index contributed by atoms with van der Waals surface area (Å²) in [4.78, 5) is 12.8. The lowest BCUT2D eigenvalue weighted by atomic mass is 9.41. The molecule has 4 fully saturated rings. The number of aliphatic hydroxyl groups is 1. The highest BCUT2D eigenvalue weighted by atomic mass is 16.2. The lowest BCUT2D eigenvalue weighted by Gasteiger charge is -2.63. The van der Waals surface area contributed by atoms with Crippen LogP contribution in [0.4, 0.5) is 0 Å². The maximum Gasteiger partial charge on any atom is 0.167 e. The quantitative estimate of drug-likeness (QED) is 0.458. The third kappa shape index (κ3) is 1.98. The van der Waals surface area contributed by atoms with Gasteiger partial charge < -0.3 is 5.11 Å². The van der Waals surface area contributed by atoms with Crippen molar-refractivity contribution in [3.63, 3.8) is 0 Å². The van der Waals surface area contributed by atoms with Gasteiger partial charge in [-0.1, -0.05) is 34.1 Å². The van der Waals surface area contributed by atoms with Crippen LogP contribution in [0.15, 0.2) is 11.8 Å². The Kier molecular flexibility index (Phi) is 3.55. The topological polar surface area (TPSA) is 37.3 Å². The number of allylic oxidation sites excluding steroid dienone is 1. The van der Waals surface area contributed by atoms with Gasteiger partial charge in [0.1, 0.15) is 0 Å². The second-order valence-corrected chi connectivity index (χ2v) is 10.5. The molecule has 4 rings (SSSR count).